The fourth-order valence-corrected chi connectivity index (χ4v) is 1.66. The van der Waals surface area contributed by atoms with E-state index in [9.17, 15) is 9.59 Å². The van der Waals surface area contributed by atoms with Crippen LogP contribution in [0.2, 0.25) is 0 Å². The van der Waals surface area contributed by atoms with Crippen LogP contribution in [0, 0.1) is 6.92 Å². The minimum absolute atomic E-state index is 0.0248. The maximum absolute atomic E-state index is 11.2. The Labute approximate surface area is 94.3 Å². The van der Waals surface area contributed by atoms with Crippen molar-refractivity contribution in [1.82, 2.24) is 4.98 Å². The number of aromatic nitrogens is 1. The molecular formula is C12H17NO3. The molecule has 0 fully saturated rings. The summed E-state index contributed by atoms with van der Waals surface area (Å²) >= 11 is 0. The molecule has 0 amide bonds. The molecule has 0 saturated heterocycles. The second-order valence-electron chi connectivity index (χ2n) is 3.98. The van der Waals surface area contributed by atoms with Gasteiger partial charge in [0, 0.05) is 29.9 Å². The predicted octanol–water partition coefficient (Wildman–Crippen LogP) is 1.87. The zero-order chi connectivity index (χ0) is 12.0. The predicted molar refractivity (Wildman–Crippen MR) is 61.6 cm³/mol. The zero-order valence-corrected chi connectivity index (χ0v) is 9.45. The van der Waals surface area contributed by atoms with E-state index in [0.717, 1.165) is 30.7 Å². The van der Waals surface area contributed by atoms with Crippen molar-refractivity contribution in [2.24, 2.45) is 0 Å². The van der Waals surface area contributed by atoms with Crippen molar-refractivity contribution >= 4 is 5.97 Å². The summed E-state index contributed by atoms with van der Waals surface area (Å²) in [6.45, 7) is 1.86. The average molecular weight is 223 g/mol. The van der Waals surface area contributed by atoms with Gasteiger partial charge in [-0.2, -0.15) is 0 Å². The Kier molecular flexibility index (Phi) is 4.76. The number of aromatic amines is 1. The number of carboxylic acids is 1. The lowest BCUT2D eigenvalue weighted by Gasteiger charge is -2.02. The summed E-state index contributed by atoms with van der Waals surface area (Å²) in [6, 6.07) is 3.16. The third-order valence-corrected chi connectivity index (χ3v) is 2.37. The first-order valence-corrected chi connectivity index (χ1v) is 5.49. The Morgan fingerprint density at radius 3 is 2.69 bits per heavy atom. The summed E-state index contributed by atoms with van der Waals surface area (Å²) in [5.74, 6) is -0.746. The van der Waals surface area contributed by atoms with E-state index in [1.807, 2.05) is 6.92 Å². The highest BCUT2D eigenvalue weighted by Gasteiger charge is 1.99. The van der Waals surface area contributed by atoms with E-state index in [1.165, 1.54) is 0 Å². The summed E-state index contributed by atoms with van der Waals surface area (Å²) in [6.07, 6.45) is 3.52. The van der Waals surface area contributed by atoms with E-state index in [4.69, 9.17) is 5.11 Å². The van der Waals surface area contributed by atoms with Crippen LogP contribution in [0.1, 0.15) is 37.1 Å². The van der Waals surface area contributed by atoms with Gasteiger partial charge in [0.2, 0.25) is 0 Å². The third-order valence-electron chi connectivity index (χ3n) is 2.37. The number of hydrogen-bond acceptors (Lipinski definition) is 2. The first kappa shape index (κ1) is 12.5. The van der Waals surface area contributed by atoms with Gasteiger partial charge in [-0.15, -0.1) is 0 Å². The lowest BCUT2D eigenvalue weighted by molar-refractivity contribution is -0.137. The minimum atomic E-state index is -0.746. The number of rotatable bonds is 6. The fourth-order valence-electron chi connectivity index (χ4n) is 1.66. The third kappa shape index (κ3) is 4.77. The van der Waals surface area contributed by atoms with Gasteiger partial charge in [0.25, 0.3) is 0 Å². The summed E-state index contributed by atoms with van der Waals surface area (Å²) in [7, 11) is 0. The van der Waals surface area contributed by atoms with E-state index >= 15 is 0 Å². The minimum Gasteiger partial charge on any atom is -0.481 e. The first-order valence-electron chi connectivity index (χ1n) is 5.49. The van der Waals surface area contributed by atoms with Gasteiger partial charge in [-0.3, -0.25) is 9.59 Å². The molecule has 88 valence electrons. The maximum Gasteiger partial charge on any atom is 0.303 e. The van der Waals surface area contributed by atoms with Crippen molar-refractivity contribution in [3.05, 3.63) is 33.7 Å². The molecule has 0 atom stereocenters. The van der Waals surface area contributed by atoms with Crippen LogP contribution in [0.4, 0.5) is 0 Å². The highest BCUT2D eigenvalue weighted by atomic mass is 16.4. The standard InChI is InChI=1S/C12H17NO3/c1-9-7-11(14)8-10(13-9)5-3-2-4-6-12(15)16/h7-8H,2-6H2,1H3,(H,13,14)(H,15,16). The highest BCUT2D eigenvalue weighted by Crippen LogP contribution is 2.05. The van der Waals surface area contributed by atoms with Crippen molar-refractivity contribution in [1.29, 1.82) is 0 Å². The van der Waals surface area contributed by atoms with Crippen LogP contribution >= 0.6 is 0 Å². The SMILES string of the molecule is Cc1cc(=O)cc(CCCCCC(=O)O)[nH]1. The number of nitrogens with one attached hydrogen (secondary N) is 1. The number of carbonyl (C=O) groups is 1. The van der Waals surface area contributed by atoms with Gasteiger partial charge >= 0.3 is 5.97 Å². The van der Waals surface area contributed by atoms with E-state index < -0.39 is 5.97 Å². The molecule has 0 aromatic carbocycles. The Hall–Kier alpha value is -1.58. The first-order chi connectivity index (χ1) is 7.58. The molecular weight excluding hydrogens is 206 g/mol. The van der Waals surface area contributed by atoms with Gasteiger partial charge in [-0.05, 0) is 26.2 Å². The second-order valence-corrected chi connectivity index (χ2v) is 3.98. The van der Waals surface area contributed by atoms with Crippen LogP contribution in [0.25, 0.3) is 0 Å². The Morgan fingerprint density at radius 1 is 1.31 bits per heavy atom. The second kappa shape index (κ2) is 6.10. The Bertz CT molecular complexity index is 409. The van der Waals surface area contributed by atoms with Gasteiger partial charge in [0.1, 0.15) is 0 Å². The van der Waals surface area contributed by atoms with Gasteiger partial charge < -0.3 is 10.1 Å². The molecule has 16 heavy (non-hydrogen) atoms. The van der Waals surface area contributed by atoms with Gasteiger partial charge in [0.05, 0.1) is 0 Å². The molecule has 0 radical (unpaired) electrons. The average Bonchev–Trinajstić information content (AvgIpc) is 2.15. The number of H-pyrrole nitrogens is 1. The number of aryl methyl sites for hydroxylation is 2. The lowest BCUT2D eigenvalue weighted by atomic mass is 10.1. The van der Waals surface area contributed by atoms with Crippen molar-refractivity contribution in [2.75, 3.05) is 0 Å². The quantitative estimate of drug-likeness (QED) is 0.723. The van der Waals surface area contributed by atoms with Crippen molar-refractivity contribution < 1.29 is 9.90 Å². The molecule has 2 N–H and O–H groups in total. The van der Waals surface area contributed by atoms with Crippen molar-refractivity contribution in [2.45, 2.75) is 39.0 Å². The van der Waals surface area contributed by atoms with Gasteiger partial charge in [0.15, 0.2) is 5.43 Å². The summed E-state index contributed by atoms with van der Waals surface area (Å²) in [5.41, 5.74) is 1.82. The van der Waals surface area contributed by atoms with Crippen molar-refractivity contribution in [3.8, 4) is 0 Å². The fraction of sp³-hybridized carbons (Fsp3) is 0.500. The molecule has 1 aromatic heterocycles. The highest BCUT2D eigenvalue weighted by molar-refractivity contribution is 5.66. The monoisotopic (exact) mass is 223 g/mol. The number of unbranched alkanes of at least 4 members (excludes halogenated alkanes) is 2. The van der Waals surface area contributed by atoms with Crippen molar-refractivity contribution in [3.63, 3.8) is 0 Å². The molecule has 0 aliphatic rings. The van der Waals surface area contributed by atoms with Crippen LogP contribution in [0.3, 0.4) is 0 Å². The molecule has 1 rings (SSSR count). The number of hydrogen-bond donors (Lipinski definition) is 2. The molecule has 0 aliphatic heterocycles. The van der Waals surface area contributed by atoms with Gasteiger partial charge in [-0.1, -0.05) is 6.42 Å². The summed E-state index contributed by atoms with van der Waals surface area (Å²) < 4.78 is 0. The molecule has 0 saturated carbocycles. The molecule has 4 nitrogen and oxygen atoms in total. The van der Waals surface area contributed by atoms with Gasteiger partial charge in [-0.25, -0.2) is 0 Å². The van der Waals surface area contributed by atoms with E-state index in [1.54, 1.807) is 12.1 Å². The Balaban J connectivity index is 2.32. The maximum atomic E-state index is 11.2. The number of aliphatic carboxylic acids is 1. The summed E-state index contributed by atoms with van der Waals surface area (Å²) in [5, 5.41) is 8.46. The Morgan fingerprint density at radius 2 is 2.06 bits per heavy atom. The molecule has 4 heteroatoms. The van der Waals surface area contributed by atoms with Crippen LogP contribution in [-0.4, -0.2) is 16.1 Å². The van der Waals surface area contributed by atoms with Crippen LogP contribution in [0.5, 0.6) is 0 Å². The topological polar surface area (TPSA) is 70.2 Å². The smallest absolute Gasteiger partial charge is 0.303 e. The number of carboxylic acid groups (broad SMARTS) is 1. The normalized spacial score (nSPS) is 10.3. The van der Waals surface area contributed by atoms with Crippen LogP contribution < -0.4 is 5.43 Å². The molecule has 1 heterocycles. The molecule has 0 aliphatic carbocycles. The molecule has 1 aromatic rings. The lowest BCUT2D eigenvalue weighted by Crippen LogP contribution is -2.04. The van der Waals surface area contributed by atoms with Crippen LogP contribution in [0.15, 0.2) is 16.9 Å². The molecule has 0 spiro atoms. The zero-order valence-electron chi connectivity index (χ0n) is 9.45. The number of pyridine rings is 1. The van der Waals surface area contributed by atoms with E-state index in [0.29, 0.717) is 6.42 Å². The van der Waals surface area contributed by atoms with Crippen LogP contribution in [-0.2, 0) is 11.2 Å². The summed E-state index contributed by atoms with van der Waals surface area (Å²) in [4.78, 5) is 24.6. The largest absolute Gasteiger partial charge is 0.481 e. The molecule has 0 unspecified atom stereocenters. The van der Waals surface area contributed by atoms with E-state index in [-0.39, 0.29) is 11.8 Å². The van der Waals surface area contributed by atoms with E-state index in [2.05, 4.69) is 4.98 Å². The molecule has 0 bridgehead atoms.